The largest absolute Gasteiger partial charge is 0.508 e. The summed E-state index contributed by atoms with van der Waals surface area (Å²) in [5.74, 6) is -0.924. The molecule has 0 radical (unpaired) electrons. The molecule has 0 aromatic heterocycles. The number of phenolic OH excluding ortho intramolecular Hbond substituents is 1. The van der Waals surface area contributed by atoms with E-state index in [2.05, 4.69) is 10.6 Å². The van der Waals surface area contributed by atoms with Gasteiger partial charge in [0.25, 0.3) is 0 Å². The normalized spacial score (nSPS) is 12.9. The molecule has 0 saturated heterocycles. The van der Waals surface area contributed by atoms with Crippen LogP contribution in [0.3, 0.4) is 0 Å². The number of nitrogens with one attached hydrogen (secondary N) is 2. The molecule has 0 saturated carbocycles. The summed E-state index contributed by atoms with van der Waals surface area (Å²) in [5.41, 5.74) is 0.417. The molecule has 0 aliphatic heterocycles. The first-order valence-corrected chi connectivity index (χ1v) is 12.8. The maximum absolute atomic E-state index is 14.2. The number of alkyl carbamates (subject to hydrolysis) is 1. The van der Waals surface area contributed by atoms with Gasteiger partial charge in [0.15, 0.2) is 0 Å². The first kappa shape index (κ1) is 29.7. The summed E-state index contributed by atoms with van der Waals surface area (Å²) in [7, 11) is 0. The van der Waals surface area contributed by atoms with Gasteiger partial charge in [0, 0.05) is 24.6 Å². The minimum atomic E-state index is -1.08. The van der Waals surface area contributed by atoms with Crippen molar-refractivity contribution in [3.8, 4) is 5.75 Å². The van der Waals surface area contributed by atoms with Gasteiger partial charge in [0.1, 0.15) is 23.4 Å². The van der Waals surface area contributed by atoms with Crippen molar-refractivity contribution in [3.63, 3.8) is 0 Å². The Morgan fingerprint density at radius 2 is 1.59 bits per heavy atom. The standard InChI is InChI=1S/C29H41N3O5/c1-7-8-18-32(25(26(34)30-20(2)3)22-16-12-13-17-24(22)33)27(35)23(19-21-14-10-9-11-15-21)31-28(36)37-29(4,5)6/h9-17,20,23,25,33H,7-8,18-19H2,1-6H3,(H,30,34)(H,31,36). The average molecular weight is 512 g/mol. The maximum Gasteiger partial charge on any atom is 0.408 e. The SMILES string of the molecule is CCCCN(C(=O)C(Cc1ccccc1)NC(=O)OC(C)(C)C)C(C(=O)NC(C)C)c1ccccc1O. The molecule has 2 unspecified atom stereocenters. The van der Waals surface area contributed by atoms with E-state index in [1.807, 2.05) is 51.1 Å². The number of aromatic hydroxyl groups is 1. The Labute approximate surface area is 220 Å². The summed E-state index contributed by atoms with van der Waals surface area (Å²) >= 11 is 0. The zero-order chi connectivity index (χ0) is 27.6. The van der Waals surface area contributed by atoms with Crippen molar-refractivity contribution in [2.45, 2.75) is 84.5 Å². The fourth-order valence-electron chi connectivity index (χ4n) is 3.93. The first-order valence-electron chi connectivity index (χ1n) is 12.8. The van der Waals surface area contributed by atoms with Gasteiger partial charge in [-0.15, -0.1) is 0 Å². The van der Waals surface area contributed by atoms with E-state index in [1.165, 1.54) is 11.0 Å². The van der Waals surface area contributed by atoms with E-state index >= 15 is 0 Å². The van der Waals surface area contributed by atoms with Gasteiger partial charge in [0.05, 0.1) is 0 Å². The molecule has 8 nitrogen and oxygen atoms in total. The number of amides is 3. The van der Waals surface area contributed by atoms with Crippen molar-refractivity contribution in [2.75, 3.05) is 6.54 Å². The van der Waals surface area contributed by atoms with Crippen molar-refractivity contribution < 1.29 is 24.2 Å². The molecular weight excluding hydrogens is 470 g/mol. The van der Waals surface area contributed by atoms with Crippen molar-refractivity contribution in [3.05, 3.63) is 65.7 Å². The van der Waals surface area contributed by atoms with Crippen molar-refractivity contribution in [1.82, 2.24) is 15.5 Å². The van der Waals surface area contributed by atoms with E-state index < -0.39 is 35.6 Å². The summed E-state index contributed by atoms with van der Waals surface area (Å²) in [6.45, 7) is 11.2. The molecule has 2 aromatic rings. The van der Waals surface area contributed by atoms with Crippen LogP contribution in [-0.4, -0.2) is 52.1 Å². The smallest absolute Gasteiger partial charge is 0.408 e. The summed E-state index contributed by atoms with van der Waals surface area (Å²) in [5, 5.41) is 16.3. The number of carbonyl (C=O) groups is 3. The number of unbranched alkanes of at least 4 members (excludes halogenated alkanes) is 1. The molecule has 37 heavy (non-hydrogen) atoms. The third-order valence-corrected chi connectivity index (χ3v) is 5.53. The van der Waals surface area contributed by atoms with Crippen LogP contribution in [0.5, 0.6) is 5.75 Å². The molecule has 3 N–H and O–H groups in total. The van der Waals surface area contributed by atoms with Crippen LogP contribution in [0.25, 0.3) is 0 Å². The highest BCUT2D eigenvalue weighted by atomic mass is 16.6. The molecular formula is C29H41N3O5. The predicted molar refractivity (Wildman–Crippen MR) is 144 cm³/mol. The van der Waals surface area contributed by atoms with Gasteiger partial charge in [-0.3, -0.25) is 9.59 Å². The third kappa shape index (κ3) is 9.44. The minimum absolute atomic E-state index is 0.0829. The molecule has 202 valence electrons. The maximum atomic E-state index is 14.2. The fraction of sp³-hybridized carbons (Fsp3) is 0.483. The molecule has 8 heteroatoms. The van der Waals surface area contributed by atoms with Crippen LogP contribution in [0, 0.1) is 0 Å². The minimum Gasteiger partial charge on any atom is -0.508 e. The van der Waals surface area contributed by atoms with E-state index in [9.17, 15) is 19.5 Å². The number of carbonyl (C=O) groups excluding carboxylic acids is 3. The predicted octanol–water partition coefficient (Wildman–Crippen LogP) is 4.72. The summed E-state index contributed by atoms with van der Waals surface area (Å²) in [6.07, 6.45) is 0.908. The zero-order valence-corrected chi connectivity index (χ0v) is 22.8. The molecule has 0 heterocycles. The highest BCUT2D eigenvalue weighted by Crippen LogP contribution is 2.30. The van der Waals surface area contributed by atoms with Crippen LogP contribution in [0.15, 0.2) is 54.6 Å². The van der Waals surface area contributed by atoms with E-state index in [1.54, 1.807) is 39.0 Å². The zero-order valence-electron chi connectivity index (χ0n) is 22.8. The first-order chi connectivity index (χ1) is 17.4. The number of phenols is 1. The number of nitrogens with zero attached hydrogens (tertiary/aromatic N) is 1. The van der Waals surface area contributed by atoms with Crippen LogP contribution in [0.2, 0.25) is 0 Å². The van der Waals surface area contributed by atoms with Gasteiger partial charge in [-0.05, 0) is 52.7 Å². The highest BCUT2D eigenvalue weighted by molar-refractivity contribution is 5.92. The lowest BCUT2D eigenvalue weighted by atomic mass is 9.99. The molecule has 0 spiro atoms. The molecule has 0 aliphatic rings. The lowest BCUT2D eigenvalue weighted by Crippen LogP contribution is -2.54. The van der Waals surface area contributed by atoms with Gasteiger partial charge in [-0.1, -0.05) is 61.9 Å². The molecule has 0 aliphatic carbocycles. The number of rotatable bonds is 11. The van der Waals surface area contributed by atoms with Gasteiger partial charge in [-0.2, -0.15) is 0 Å². The van der Waals surface area contributed by atoms with Crippen molar-refractivity contribution in [1.29, 1.82) is 0 Å². The second kappa shape index (κ2) is 13.7. The number of hydrogen-bond donors (Lipinski definition) is 3. The van der Waals surface area contributed by atoms with Gasteiger partial charge < -0.3 is 25.4 Å². The third-order valence-electron chi connectivity index (χ3n) is 5.53. The molecule has 2 rings (SSSR count). The Morgan fingerprint density at radius 3 is 2.16 bits per heavy atom. The van der Waals surface area contributed by atoms with Crippen LogP contribution < -0.4 is 10.6 Å². The van der Waals surface area contributed by atoms with E-state index in [0.717, 1.165) is 12.0 Å². The number of benzene rings is 2. The monoisotopic (exact) mass is 511 g/mol. The molecule has 3 amide bonds. The summed E-state index contributed by atoms with van der Waals surface area (Å²) in [6, 6.07) is 13.6. The summed E-state index contributed by atoms with van der Waals surface area (Å²) < 4.78 is 5.44. The van der Waals surface area contributed by atoms with E-state index in [-0.39, 0.29) is 24.8 Å². The Balaban J connectivity index is 2.54. The topological polar surface area (TPSA) is 108 Å². The lowest BCUT2D eigenvalue weighted by molar-refractivity contribution is -0.142. The molecule has 0 bridgehead atoms. The number of hydrogen-bond acceptors (Lipinski definition) is 5. The van der Waals surface area contributed by atoms with Crippen LogP contribution in [0.1, 0.15) is 71.6 Å². The quantitative estimate of drug-likeness (QED) is 0.405. The van der Waals surface area contributed by atoms with E-state index in [4.69, 9.17) is 4.74 Å². The molecule has 2 atom stereocenters. The Hall–Kier alpha value is -3.55. The second-order valence-corrected chi connectivity index (χ2v) is 10.4. The van der Waals surface area contributed by atoms with Gasteiger partial charge in [0.2, 0.25) is 11.8 Å². The van der Waals surface area contributed by atoms with E-state index in [0.29, 0.717) is 12.0 Å². The lowest BCUT2D eigenvalue weighted by Gasteiger charge is -2.35. The fourth-order valence-corrected chi connectivity index (χ4v) is 3.93. The highest BCUT2D eigenvalue weighted by Gasteiger charge is 2.37. The van der Waals surface area contributed by atoms with Gasteiger partial charge in [-0.25, -0.2) is 4.79 Å². The Morgan fingerprint density at radius 1 is 0.973 bits per heavy atom. The van der Waals surface area contributed by atoms with Crippen LogP contribution >= 0.6 is 0 Å². The second-order valence-electron chi connectivity index (χ2n) is 10.4. The number of ether oxygens (including phenoxy) is 1. The van der Waals surface area contributed by atoms with Crippen LogP contribution in [0.4, 0.5) is 4.79 Å². The Kier molecular flexibility index (Phi) is 11.0. The number of para-hydroxylation sites is 1. The summed E-state index contributed by atoms with van der Waals surface area (Å²) in [4.78, 5) is 41.9. The average Bonchev–Trinajstić information content (AvgIpc) is 2.80. The Bertz CT molecular complexity index is 1030. The van der Waals surface area contributed by atoms with Gasteiger partial charge >= 0.3 is 6.09 Å². The van der Waals surface area contributed by atoms with Crippen LogP contribution in [-0.2, 0) is 20.7 Å². The van der Waals surface area contributed by atoms with Crippen molar-refractivity contribution in [2.24, 2.45) is 0 Å². The molecule has 2 aromatic carbocycles. The van der Waals surface area contributed by atoms with Crippen molar-refractivity contribution >= 4 is 17.9 Å². The molecule has 0 fully saturated rings.